The zero-order valence-electron chi connectivity index (χ0n) is 9.37. The summed E-state index contributed by atoms with van der Waals surface area (Å²) in [4.78, 5) is 0. The first-order valence-electron chi connectivity index (χ1n) is 5.76. The molecule has 0 atom stereocenters. The maximum Gasteiger partial charge on any atom is -0.0236 e. The molecule has 0 nitrogen and oxygen atoms in total. The molecule has 0 amide bonds. The first-order chi connectivity index (χ1) is 7.36. The van der Waals surface area contributed by atoms with Gasteiger partial charge in [-0.2, -0.15) is 0 Å². The number of rotatable bonds is 3. The van der Waals surface area contributed by atoms with Crippen LogP contribution in [0.3, 0.4) is 0 Å². The number of aryl methyl sites for hydroxylation is 2. The van der Waals surface area contributed by atoms with E-state index in [-0.39, 0.29) is 0 Å². The Morgan fingerprint density at radius 2 is 1.93 bits per heavy atom. The minimum atomic E-state index is 1.17. The van der Waals surface area contributed by atoms with Crippen molar-refractivity contribution in [1.29, 1.82) is 0 Å². The Morgan fingerprint density at radius 1 is 1.07 bits per heavy atom. The van der Waals surface area contributed by atoms with Gasteiger partial charge in [-0.1, -0.05) is 48.1 Å². The van der Waals surface area contributed by atoms with Gasteiger partial charge in [-0.05, 0) is 43.7 Å². The first-order valence-corrected chi connectivity index (χ1v) is 5.76. The number of benzene rings is 1. The van der Waals surface area contributed by atoms with Crippen molar-refractivity contribution in [3.8, 4) is 0 Å². The Morgan fingerprint density at radius 3 is 2.67 bits per heavy atom. The summed E-state index contributed by atoms with van der Waals surface area (Å²) in [6.45, 7) is 2.19. The second-order valence-corrected chi connectivity index (χ2v) is 4.19. The molecule has 0 unspecified atom stereocenters. The van der Waals surface area contributed by atoms with Gasteiger partial charge in [0.05, 0.1) is 0 Å². The molecule has 1 aliphatic rings. The van der Waals surface area contributed by atoms with E-state index in [1.54, 1.807) is 0 Å². The minimum absolute atomic E-state index is 1.17. The third-order valence-corrected chi connectivity index (χ3v) is 3.02. The normalized spacial score (nSPS) is 15.1. The molecule has 1 aromatic carbocycles. The topological polar surface area (TPSA) is 0 Å². The minimum Gasteiger partial charge on any atom is -0.0840 e. The van der Waals surface area contributed by atoms with Crippen molar-refractivity contribution >= 4 is 0 Å². The molecule has 0 aliphatic heterocycles. The molecule has 0 heterocycles. The van der Waals surface area contributed by atoms with Gasteiger partial charge in [0, 0.05) is 0 Å². The molecule has 0 N–H and O–H groups in total. The maximum absolute atomic E-state index is 2.37. The molecular formula is C15H18. The van der Waals surface area contributed by atoms with Crippen molar-refractivity contribution in [1.82, 2.24) is 0 Å². The Balaban J connectivity index is 1.96. The molecule has 2 rings (SSSR count). The van der Waals surface area contributed by atoms with Crippen molar-refractivity contribution in [2.45, 2.75) is 32.6 Å². The largest absolute Gasteiger partial charge is 0.0840 e. The van der Waals surface area contributed by atoms with Crippen molar-refractivity contribution in [2.24, 2.45) is 0 Å². The van der Waals surface area contributed by atoms with E-state index in [1.807, 2.05) is 0 Å². The van der Waals surface area contributed by atoms with Crippen LogP contribution in [0.4, 0.5) is 0 Å². The fourth-order valence-corrected chi connectivity index (χ4v) is 2.02. The van der Waals surface area contributed by atoms with Crippen LogP contribution in [0, 0.1) is 6.92 Å². The highest BCUT2D eigenvalue weighted by Crippen LogP contribution is 2.17. The van der Waals surface area contributed by atoms with Gasteiger partial charge in [0.1, 0.15) is 0 Å². The maximum atomic E-state index is 2.37. The summed E-state index contributed by atoms with van der Waals surface area (Å²) in [6, 6.07) is 8.68. The van der Waals surface area contributed by atoms with Crippen molar-refractivity contribution in [3.05, 3.63) is 59.2 Å². The van der Waals surface area contributed by atoms with Gasteiger partial charge in [-0.3, -0.25) is 0 Å². The lowest BCUT2D eigenvalue weighted by Crippen LogP contribution is -1.92. The van der Waals surface area contributed by atoms with Gasteiger partial charge in [0.2, 0.25) is 0 Å². The molecular weight excluding hydrogens is 180 g/mol. The monoisotopic (exact) mass is 198 g/mol. The Bertz CT molecular complexity index is 383. The van der Waals surface area contributed by atoms with Gasteiger partial charge >= 0.3 is 0 Å². The number of allylic oxidation sites excluding steroid dienone is 4. The average molecular weight is 198 g/mol. The molecule has 0 aromatic heterocycles. The summed E-state index contributed by atoms with van der Waals surface area (Å²) < 4.78 is 0. The highest BCUT2D eigenvalue weighted by Gasteiger charge is 2.00. The standard InChI is InChI=1S/C15H18/c1-13-7-5-6-10-15(13)12-11-14-8-3-2-4-9-14/h3,5-10H,2,4,11-12H2,1H3. The summed E-state index contributed by atoms with van der Waals surface area (Å²) in [5, 5.41) is 0. The van der Waals surface area contributed by atoms with Crippen LogP contribution >= 0.6 is 0 Å². The Kier molecular flexibility index (Phi) is 3.39. The molecule has 0 heteroatoms. The summed E-state index contributed by atoms with van der Waals surface area (Å²) in [5.74, 6) is 0. The molecule has 0 saturated carbocycles. The fourth-order valence-electron chi connectivity index (χ4n) is 2.02. The van der Waals surface area contributed by atoms with E-state index in [0.29, 0.717) is 0 Å². The van der Waals surface area contributed by atoms with E-state index in [2.05, 4.69) is 49.4 Å². The summed E-state index contributed by atoms with van der Waals surface area (Å²) in [7, 11) is 0. The smallest absolute Gasteiger partial charge is 0.0236 e. The summed E-state index contributed by atoms with van der Waals surface area (Å²) in [6.07, 6.45) is 11.7. The first kappa shape index (κ1) is 10.2. The molecule has 0 spiro atoms. The molecule has 0 fully saturated rings. The second-order valence-electron chi connectivity index (χ2n) is 4.19. The van der Waals surface area contributed by atoms with Crippen LogP contribution in [0.15, 0.2) is 48.1 Å². The molecule has 15 heavy (non-hydrogen) atoms. The van der Waals surface area contributed by atoms with Crippen LogP contribution in [-0.4, -0.2) is 0 Å². The molecule has 0 saturated heterocycles. The van der Waals surface area contributed by atoms with E-state index in [9.17, 15) is 0 Å². The van der Waals surface area contributed by atoms with Crippen LogP contribution in [-0.2, 0) is 6.42 Å². The predicted octanol–water partition coefficient (Wildman–Crippen LogP) is 4.20. The van der Waals surface area contributed by atoms with Gasteiger partial charge in [0.15, 0.2) is 0 Å². The van der Waals surface area contributed by atoms with Crippen molar-refractivity contribution < 1.29 is 0 Å². The third kappa shape index (κ3) is 2.82. The SMILES string of the molecule is Cc1ccccc1CCC1=CCCC=C1. The summed E-state index contributed by atoms with van der Waals surface area (Å²) in [5.41, 5.74) is 4.40. The van der Waals surface area contributed by atoms with Crippen LogP contribution in [0.2, 0.25) is 0 Å². The Hall–Kier alpha value is -1.30. The second kappa shape index (κ2) is 4.97. The van der Waals surface area contributed by atoms with E-state index >= 15 is 0 Å². The van der Waals surface area contributed by atoms with E-state index in [1.165, 1.54) is 42.4 Å². The zero-order chi connectivity index (χ0) is 10.5. The van der Waals surface area contributed by atoms with Crippen molar-refractivity contribution in [3.63, 3.8) is 0 Å². The lowest BCUT2D eigenvalue weighted by Gasteiger charge is -2.08. The summed E-state index contributed by atoms with van der Waals surface area (Å²) >= 11 is 0. The fraction of sp³-hybridized carbons (Fsp3) is 0.333. The number of hydrogen-bond donors (Lipinski definition) is 0. The molecule has 1 aliphatic carbocycles. The van der Waals surface area contributed by atoms with E-state index in [0.717, 1.165) is 0 Å². The van der Waals surface area contributed by atoms with Gasteiger partial charge in [0.25, 0.3) is 0 Å². The molecule has 1 aromatic rings. The molecule has 0 radical (unpaired) electrons. The number of hydrogen-bond acceptors (Lipinski definition) is 0. The highest BCUT2D eigenvalue weighted by atomic mass is 14.1. The third-order valence-electron chi connectivity index (χ3n) is 3.02. The van der Waals surface area contributed by atoms with Crippen LogP contribution in [0.1, 0.15) is 30.4 Å². The van der Waals surface area contributed by atoms with Crippen LogP contribution in [0.5, 0.6) is 0 Å². The lowest BCUT2D eigenvalue weighted by atomic mass is 9.98. The van der Waals surface area contributed by atoms with Gasteiger partial charge < -0.3 is 0 Å². The van der Waals surface area contributed by atoms with Crippen LogP contribution < -0.4 is 0 Å². The van der Waals surface area contributed by atoms with Crippen LogP contribution in [0.25, 0.3) is 0 Å². The van der Waals surface area contributed by atoms with E-state index in [4.69, 9.17) is 0 Å². The zero-order valence-corrected chi connectivity index (χ0v) is 9.37. The molecule has 0 bridgehead atoms. The van der Waals surface area contributed by atoms with Crippen molar-refractivity contribution in [2.75, 3.05) is 0 Å². The highest BCUT2D eigenvalue weighted by molar-refractivity contribution is 5.28. The Labute approximate surface area is 92.3 Å². The van der Waals surface area contributed by atoms with Gasteiger partial charge in [-0.25, -0.2) is 0 Å². The predicted molar refractivity (Wildman–Crippen MR) is 66.0 cm³/mol. The lowest BCUT2D eigenvalue weighted by molar-refractivity contribution is 0.914. The van der Waals surface area contributed by atoms with E-state index < -0.39 is 0 Å². The average Bonchev–Trinajstić information content (AvgIpc) is 2.29. The van der Waals surface area contributed by atoms with Gasteiger partial charge in [-0.15, -0.1) is 0 Å². The quantitative estimate of drug-likeness (QED) is 0.682. The molecule has 78 valence electrons.